The van der Waals surface area contributed by atoms with E-state index in [0.717, 1.165) is 15.4 Å². The highest BCUT2D eigenvalue weighted by molar-refractivity contribution is 7.92. The Morgan fingerprint density at radius 3 is 2.17 bits per heavy atom. The van der Waals surface area contributed by atoms with Gasteiger partial charge in [-0.15, -0.1) is 0 Å². The van der Waals surface area contributed by atoms with E-state index in [1.807, 2.05) is 58.0 Å². The Hall–Kier alpha value is -3.56. The van der Waals surface area contributed by atoms with Crippen LogP contribution in [0, 0.1) is 6.92 Å². The highest BCUT2D eigenvalue weighted by Gasteiger charge is 2.33. The zero-order valence-electron chi connectivity index (χ0n) is 23.6. The summed E-state index contributed by atoms with van der Waals surface area (Å²) < 4.78 is 34.1. The van der Waals surface area contributed by atoms with Crippen LogP contribution in [-0.4, -0.2) is 50.4 Å². The Kier molecular flexibility index (Phi) is 9.87. The van der Waals surface area contributed by atoms with E-state index in [4.69, 9.17) is 16.3 Å². The van der Waals surface area contributed by atoms with Crippen molar-refractivity contribution in [3.63, 3.8) is 0 Å². The number of ether oxygens (including phenoxy) is 1. The minimum absolute atomic E-state index is 0.0194. The molecule has 0 aliphatic carbocycles. The van der Waals surface area contributed by atoms with Crippen LogP contribution in [0.3, 0.4) is 0 Å². The topological polar surface area (TPSA) is 96.0 Å². The number of aryl methyl sites for hydroxylation is 1. The van der Waals surface area contributed by atoms with Crippen LogP contribution in [-0.2, 0) is 26.2 Å². The quantitative estimate of drug-likeness (QED) is 0.353. The van der Waals surface area contributed by atoms with E-state index in [2.05, 4.69) is 5.32 Å². The fourth-order valence-corrected chi connectivity index (χ4v) is 5.67. The standard InChI is InChI=1S/C30H36ClN3O5S/c1-21-12-15-25(16-13-21)40(37,38)34(24-14-17-27(39-6)26(31)18-24)20-28(35)33(19-23-10-8-7-9-11-23)22(2)29(36)32-30(3,4)5/h7-18,22H,19-20H2,1-6H3,(H,32,36)/t22-/m0/s1. The zero-order chi connectivity index (χ0) is 29.7. The number of nitrogens with zero attached hydrogens (tertiary/aromatic N) is 2. The number of amides is 2. The minimum atomic E-state index is -4.20. The first kappa shape index (κ1) is 31.0. The maximum absolute atomic E-state index is 14.0. The van der Waals surface area contributed by atoms with Gasteiger partial charge in [-0.3, -0.25) is 13.9 Å². The van der Waals surface area contributed by atoms with E-state index in [-0.39, 0.29) is 28.1 Å². The lowest BCUT2D eigenvalue weighted by atomic mass is 10.1. The molecule has 0 aromatic heterocycles. The van der Waals surface area contributed by atoms with Gasteiger partial charge < -0.3 is 15.0 Å². The summed E-state index contributed by atoms with van der Waals surface area (Å²) in [7, 11) is -2.74. The normalized spacial score (nSPS) is 12.4. The Balaban J connectivity index is 2.06. The molecule has 0 fully saturated rings. The molecule has 8 nitrogen and oxygen atoms in total. The molecule has 0 saturated heterocycles. The maximum Gasteiger partial charge on any atom is 0.264 e. The number of sulfonamides is 1. The van der Waals surface area contributed by atoms with Gasteiger partial charge in [0.15, 0.2) is 0 Å². The smallest absolute Gasteiger partial charge is 0.264 e. The summed E-state index contributed by atoms with van der Waals surface area (Å²) in [6.45, 7) is 8.59. The van der Waals surface area contributed by atoms with Gasteiger partial charge in [0.05, 0.1) is 22.7 Å². The van der Waals surface area contributed by atoms with Gasteiger partial charge in [-0.25, -0.2) is 8.42 Å². The number of hydrogen-bond acceptors (Lipinski definition) is 5. The van der Waals surface area contributed by atoms with Crippen molar-refractivity contribution in [2.75, 3.05) is 18.0 Å². The molecular formula is C30H36ClN3O5S. The Morgan fingerprint density at radius 1 is 1.00 bits per heavy atom. The van der Waals surface area contributed by atoms with Gasteiger partial charge in [0.25, 0.3) is 10.0 Å². The number of hydrogen-bond donors (Lipinski definition) is 1. The predicted molar refractivity (Wildman–Crippen MR) is 158 cm³/mol. The van der Waals surface area contributed by atoms with Gasteiger partial charge in [0.1, 0.15) is 18.3 Å². The van der Waals surface area contributed by atoms with Crippen molar-refractivity contribution in [3.8, 4) is 5.75 Å². The fraction of sp³-hybridized carbons (Fsp3) is 0.333. The number of carbonyl (C=O) groups is 2. The molecule has 0 radical (unpaired) electrons. The highest BCUT2D eigenvalue weighted by atomic mass is 35.5. The molecule has 3 aromatic rings. The lowest BCUT2D eigenvalue weighted by Crippen LogP contribution is -2.54. The molecule has 2 amide bonds. The molecule has 0 unspecified atom stereocenters. The summed E-state index contributed by atoms with van der Waals surface area (Å²) >= 11 is 6.36. The Morgan fingerprint density at radius 2 is 1.62 bits per heavy atom. The maximum atomic E-state index is 14.0. The van der Waals surface area contributed by atoms with Crippen LogP contribution < -0.4 is 14.4 Å². The van der Waals surface area contributed by atoms with Crippen molar-refractivity contribution in [3.05, 3.63) is 88.9 Å². The van der Waals surface area contributed by atoms with Gasteiger partial charge in [-0.2, -0.15) is 0 Å². The van der Waals surface area contributed by atoms with Crippen LogP contribution in [0.25, 0.3) is 0 Å². The van der Waals surface area contributed by atoms with Crippen molar-refractivity contribution >= 4 is 39.1 Å². The van der Waals surface area contributed by atoms with Crippen LogP contribution in [0.4, 0.5) is 5.69 Å². The number of nitrogens with one attached hydrogen (secondary N) is 1. The molecule has 0 spiro atoms. The van der Waals surface area contributed by atoms with Gasteiger partial charge in [-0.1, -0.05) is 59.6 Å². The van der Waals surface area contributed by atoms with E-state index >= 15 is 0 Å². The van der Waals surface area contributed by atoms with Gasteiger partial charge in [0.2, 0.25) is 11.8 Å². The second-order valence-corrected chi connectivity index (χ2v) is 12.8. The summed E-state index contributed by atoms with van der Waals surface area (Å²) in [5, 5.41) is 3.10. The summed E-state index contributed by atoms with van der Waals surface area (Å²) in [6, 6.07) is 19.2. The number of rotatable bonds is 10. The van der Waals surface area contributed by atoms with Gasteiger partial charge >= 0.3 is 0 Å². The van der Waals surface area contributed by atoms with Crippen LogP contribution in [0.1, 0.15) is 38.8 Å². The summed E-state index contributed by atoms with van der Waals surface area (Å²) in [5.41, 5.74) is 1.35. The number of carbonyl (C=O) groups excluding carboxylic acids is 2. The lowest BCUT2D eigenvalue weighted by Gasteiger charge is -2.33. The van der Waals surface area contributed by atoms with Crippen molar-refractivity contribution in [2.24, 2.45) is 0 Å². The van der Waals surface area contributed by atoms with Crippen LogP contribution >= 0.6 is 11.6 Å². The molecule has 0 aliphatic rings. The first-order valence-electron chi connectivity index (χ1n) is 12.8. The van der Waals surface area contributed by atoms with Crippen molar-refractivity contribution in [1.29, 1.82) is 0 Å². The van der Waals surface area contributed by atoms with Crippen LogP contribution in [0.5, 0.6) is 5.75 Å². The Bertz CT molecular complexity index is 1440. The molecule has 0 saturated carbocycles. The predicted octanol–water partition coefficient (Wildman–Crippen LogP) is 5.18. The van der Waals surface area contributed by atoms with E-state index < -0.39 is 34.1 Å². The third-order valence-corrected chi connectivity index (χ3v) is 8.26. The summed E-state index contributed by atoms with van der Waals surface area (Å²) in [6.07, 6.45) is 0. The molecule has 0 aliphatic heterocycles. The van der Waals surface area contributed by atoms with Crippen molar-refractivity contribution < 1.29 is 22.7 Å². The fourth-order valence-electron chi connectivity index (χ4n) is 4.01. The molecule has 214 valence electrons. The first-order chi connectivity index (χ1) is 18.7. The Labute approximate surface area is 241 Å². The van der Waals surface area contributed by atoms with E-state index in [1.165, 1.54) is 36.3 Å². The van der Waals surface area contributed by atoms with E-state index in [0.29, 0.717) is 5.75 Å². The zero-order valence-corrected chi connectivity index (χ0v) is 25.2. The minimum Gasteiger partial charge on any atom is -0.495 e. The molecule has 1 atom stereocenters. The van der Waals surface area contributed by atoms with Gasteiger partial charge in [-0.05, 0) is 70.5 Å². The molecule has 3 rings (SSSR count). The SMILES string of the molecule is COc1ccc(N(CC(=O)N(Cc2ccccc2)[C@@H](C)C(=O)NC(C)(C)C)S(=O)(=O)c2ccc(C)cc2)cc1Cl. The van der Waals surface area contributed by atoms with Crippen molar-refractivity contribution in [2.45, 2.75) is 57.6 Å². The average Bonchev–Trinajstić information content (AvgIpc) is 2.89. The lowest BCUT2D eigenvalue weighted by molar-refractivity contribution is -0.140. The van der Waals surface area contributed by atoms with Crippen LogP contribution in [0.2, 0.25) is 5.02 Å². The molecule has 1 N–H and O–H groups in total. The molecule has 40 heavy (non-hydrogen) atoms. The monoisotopic (exact) mass is 585 g/mol. The number of methoxy groups -OCH3 is 1. The second kappa shape index (κ2) is 12.7. The first-order valence-corrected chi connectivity index (χ1v) is 14.6. The van der Waals surface area contributed by atoms with E-state index in [9.17, 15) is 18.0 Å². The molecule has 10 heteroatoms. The average molecular weight is 586 g/mol. The van der Waals surface area contributed by atoms with Crippen LogP contribution in [0.15, 0.2) is 77.7 Å². The number of halogens is 1. The third-order valence-electron chi connectivity index (χ3n) is 6.17. The summed E-state index contributed by atoms with van der Waals surface area (Å²) in [5.74, 6) is -0.539. The van der Waals surface area contributed by atoms with E-state index in [1.54, 1.807) is 25.1 Å². The third kappa shape index (κ3) is 7.76. The number of anilines is 1. The second-order valence-electron chi connectivity index (χ2n) is 10.6. The highest BCUT2D eigenvalue weighted by Crippen LogP contribution is 2.32. The molecule has 0 bridgehead atoms. The molecular weight excluding hydrogens is 550 g/mol. The molecule has 3 aromatic carbocycles. The number of benzene rings is 3. The largest absolute Gasteiger partial charge is 0.495 e. The van der Waals surface area contributed by atoms with Gasteiger partial charge in [0, 0.05) is 12.1 Å². The summed E-state index contributed by atoms with van der Waals surface area (Å²) in [4.78, 5) is 28.5. The molecule has 0 heterocycles. The van der Waals surface area contributed by atoms with Crippen molar-refractivity contribution in [1.82, 2.24) is 10.2 Å².